The highest BCUT2D eigenvalue weighted by Gasteiger charge is 2.41. The summed E-state index contributed by atoms with van der Waals surface area (Å²) in [4.78, 5) is 42.9. The molecule has 4 heterocycles. The van der Waals surface area contributed by atoms with E-state index in [1.807, 2.05) is 47.5 Å². The first-order valence-electron chi connectivity index (χ1n) is 26.9. The summed E-state index contributed by atoms with van der Waals surface area (Å²) in [7, 11) is 2.09. The number of aromatic nitrogens is 2. The topological polar surface area (TPSA) is 161 Å². The van der Waals surface area contributed by atoms with Gasteiger partial charge in [-0.15, -0.1) is 0 Å². The minimum absolute atomic E-state index is 0.0721. The van der Waals surface area contributed by atoms with Crippen LogP contribution in [0.3, 0.4) is 0 Å². The predicted molar refractivity (Wildman–Crippen MR) is 294 cm³/mol. The van der Waals surface area contributed by atoms with E-state index < -0.39 is 6.04 Å². The Morgan fingerprint density at radius 1 is 0.753 bits per heavy atom. The minimum Gasteiger partial charge on any atom is -0.378 e. The van der Waals surface area contributed by atoms with Gasteiger partial charge >= 0.3 is 0 Å². The summed E-state index contributed by atoms with van der Waals surface area (Å²) in [5, 5.41) is 9.85. The molecule has 16 nitrogen and oxygen atoms in total. The Hall–Kier alpha value is -5.64. The second-order valence-electron chi connectivity index (χ2n) is 20.4. The number of ether oxygens (including phenoxy) is 6. The van der Waals surface area contributed by atoms with Gasteiger partial charge in [-0.3, -0.25) is 24.5 Å². The fourth-order valence-electron chi connectivity index (χ4n) is 9.45. The Morgan fingerprint density at radius 2 is 1.38 bits per heavy atom. The Bertz CT molecular complexity index is 2550. The number of piperazine rings is 1. The number of fused-ring (bicyclic) bond motifs is 1. The maximum absolute atomic E-state index is 14.1. The van der Waals surface area contributed by atoms with E-state index >= 15 is 0 Å². The third kappa shape index (κ3) is 19.6. The number of amides is 2. The second kappa shape index (κ2) is 31.1. The molecule has 77 heavy (non-hydrogen) atoms. The number of halogens is 2. The van der Waals surface area contributed by atoms with Crippen LogP contribution in [0.4, 0.5) is 20.2 Å². The van der Waals surface area contributed by atoms with Crippen molar-refractivity contribution >= 4 is 23.2 Å². The van der Waals surface area contributed by atoms with Crippen LogP contribution in [0.25, 0.3) is 11.1 Å². The van der Waals surface area contributed by atoms with Crippen LogP contribution in [0, 0.1) is 11.6 Å². The maximum Gasteiger partial charge on any atom is 0.241 e. The molecular weight excluding hydrogens is 987 g/mol. The molecule has 3 atom stereocenters. The Balaban J connectivity index is 0.673. The monoisotopic (exact) mass is 1060 g/mol. The molecule has 1 saturated heterocycles. The van der Waals surface area contributed by atoms with Crippen molar-refractivity contribution in [1.82, 2.24) is 30.4 Å². The normalized spacial score (nSPS) is 16.7. The summed E-state index contributed by atoms with van der Waals surface area (Å²) in [5.74, 6) is -0.764. The van der Waals surface area contributed by atoms with Gasteiger partial charge in [0.1, 0.15) is 11.6 Å². The van der Waals surface area contributed by atoms with E-state index in [4.69, 9.17) is 33.4 Å². The van der Waals surface area contributed by atoms with Crippen molar-refractivity contribution in [2.75, 3.05) is 142 Å². The molecule has 1 fully saturated rings. The van der Waals surface area contributed by atoms with E-state index in [-0.39, 0.29) is 40.9 Å². The number of carbonyl (C=O) groups excluding carboxylic acids is 2. The van der Waals surface area contributed by atoms with E-state index in [9.17, 15) is 18.4 Å². The smallest absolute Gasteiger partial charge is 0.241 e. The Morgan fingerprint density at radius 3 is 2.03 bits per heavy atom. The molecule has 0 saturated carbocycles. The molecule has 0 bridgehead atoms. The lowest BCUT2D eigenvalue weighted by Gasteiger charge is -2.41. The van der Waals surface area contributed by atoms with E-state index in [0.717, 1.165) is 59.8 Å². The summed E-state index contributed by atoms with van der Waals surface area (Å²) in [5.41, 5.74) is 6.93. The van der Waals surface area contributed by atoms with E-state index in [2.05, 4.69) is 64.6 Å². The summed E-state index contributed by atoms with van der Waals surface area (Å²) in [6.45, 7) is 16.2. The first kappa shape index (κ1) is 59.0. The van der Waals surface area contributed by atoms with E-state index in [1.54, 1.807) is 36.7 Å². The number of pyridine rings is 2. The van der Waals surface area contributed by atoms with E-state index in [0.29, 0.717) is 123 Å². The zero-order chi connectivity index (χ0) is 54.2. The molecule has 416 valence electrons. The van der Waals surface area contributed by atoms with Gasteiger partial charge in [0.25, 0.3) is 0 Å². The van der Waals surface area contributed by atoms with Crippen molar-refractivity contribution in [3.05, 3.63) is 144 Å². The van der Waals surface area contributed by atoms with Crippen molar-refractivity contribution in [1.29, 1.82) is 0 Å². The fourth-order valence-corrected chi connectivity index (χ4v) is 9.45. The highest BCUT2D eigenvalue weighted by atomic mass is 19.1. The van der Waals surface area contributed by atoms with Crippen LogP contribution in [-0.4, -0.2) is 182 Å². The lowest BCUT2D eigenvalue weighted by Crippen LogP contribution is -2.60. The lowest BCUT2D eigenvalue weighted by atomic mass is 9.91. The highest BCUT2D eigenvalue weighted by Crippen LogP contribution is 2.40. The number of likely N-dealkylation sites (N-methyl/N-ethyl adjacent to an activating group) is 1. The maximum atomic E-state index is 14.1. The minimum atomic E-state index is -0.609. The molecule has 3 N–H and O–H groups in total. The molecule has 2 aliphatic rings. The standard InChI is InChI=1S/C59H78F2N8O8/c1-44-40-68(42-56(70)69-43-59(2,3)57-55(69)37-47(38-65-57)34-45-8-12-50(60)13-9-45)53(39-64-44)41-67(4)21-23-73-25-27-75-29-31-77-33-32-76-30-28-74-26-24-72-22-20-63-54(36-46-6-5-7-51(61)35-46)58(71)66-52-14-10-48(11-15-52)49-16-18-62-19-17-49/h5-19,35,37-38,44,53-54,63-64H,20-34,36,39-43H2,1-4H3,(H,66,71)/t44-,53-,54-/m1/s1. The molecule has 2 aliphatic heterocycles. The third-order valence-corrected chi connectivity index (χ3v) is 13.5. The predicted octanol–water partition coefficient (Wildman–Crippen LogP) is 6.17. The number of nitrogens with one attached hydrogen (secondary N) is 3. The largest absolute Gasteiger partial charge is 0.378 e. The quantitative estimate of drug-likeness (QED) is 0.0410. The van der Waals surface area contributed by atoms with Crippen LogP contribution in [-0.2, 0) is 56.3 Å². The van der Waals surface area contributed by atoms with Crippen LogP contribution in [0.1, 0.15) is 43.2 Å². The van der Waals surface area contributed by atoms with Gasteiger partial charge in [-0.1, -0.05) is 50.2 Å². The summed E-state index contributed by atoms with van der Waals surface area (Å²) >= 11 is 0. The number of hydrogen-bond acceptors (Lipinski definition) is 14. The molecule has 2 aromatic heterocycles. The molecule has 7 rings (SSSR count). The molecule has 0 unspecified atom stereocenters. The Labute approximate surface area is 453 Å². The average molecular weight is 1070 g/mol. The molecular formula is C59H78F2N8O8. The summed E-state index contributed by atoms with van der Waals surface area (Å²) < 4.78 is 61.7. The van der Waals surface area contributed by atoms with Gasteiger partial charge in [0.2, 0.25) is 11.8 Å². The van der Waals surface area contributed by atoms with Crippen molar-refractivity contribution in [2.24, 2.45) is 0 Å². The SMILES string of the molecule is C[C@@H]1CN(CC(=O)N2CC(C)(C)c3ncc(Cc4ccc(F)cc4)cc32)[C@@H](CN(C)CCOCCOCCOCCOCCOCCOCCN[C@H](Cc2cccc(F)c2)C(=O)Nc2ccc(-c3ccncc3)cc2)CN1. The van der Waals surface area contributed by atoms with Crippen LogP contribution in [0.5, 0.6) is 0 Å². The van der Waals surface area contributed by atoms with Gasteiger partial charge in [-0.05, 0) is 109 Å². The third-order valence-electron chi connectivity index (χ3n) is 13.5. The van der Waals surface area contributed by atoms with E-state index in [1.165, 1.54) is 24.3 Å². The first-order valence-corrected chi connectivity index (χ1v) is 26.9. The molecule has 3 aromatic carbocycles. The summed E-state index contributed by atoms with van der Waals surface area (Å²) in [6, 6.07) is 26.1. The molecule has 0 radical (unpaired) electrons. The fraction of sp³-hybridized carbons (Fsp3) is 0.492. The highest BCUT2D eigenvalue weighted by molar-refractivity contribution is 5.97. The zero-order valence-corrected chi connectivity index (χ0v) is 45.2. The first-order chi connectivity index (χ1) is 37.4. The molecule has 5 aromatic rings. The summed E-state index contributed by atoms with van der Waals surface area (Å²) in [6.07, 6.45) is 6.28. The van der Waals surface area contributed by atoms with Gasteiger partial charge in [0.05, 0.1) is 103 Å². The molecule has 18 heteroatoms. The van der Waals surface area contributed by atoms with Gasteiger partial charge in [-0.25, -0.2) is 8.78 Å². The number of rotatable bonds is 33. The van der Waals surface area contributed by atoms with Gasteiger partial charge < -0.3 is 54.2 Å². The van der Waals surface area contributed by atoms with Crippen molar-refractivity contribution in [3.8, 4) is 11.1 Å². The zero-order valence-electron chi connectivity index (χ0n) is 45.2. The Kier molecular flexibility index (Phi) is 23.8. The molecule has 0 spiro atoms. The van der Waals surface area contributed by atoms with Crippen LogP contribution in [0.2, 0.25) is 0 Å². The number of hydrogen-bond donors (Lipinski definition) is 3. The number of benzene rings is 3. The lowest BCUT2D eigenvalue weighted by molar-refractivity contribution is -0.121. The van der Waals surface area contributed by atoms with Crippen molar-refractivity contribution < 1.29 is 46.8 Å². The molecule has 0 aliphatic carbocycles. The van der Waals surface area contributed by atoms with Crippen molar-refractivity contribution in [2.45, 2.75) is 57.2 Å². The van der Waals surface area contributed by atoms with Crippen LogP contribution in [0.15, 0.2) is 110 Å². The number of anilines is 2. The number of carbonyl (C=O) groups is 2. The van der Waals surface area contributed by atoms with Crippen LogP contribution >= 0.6 is 0 Å². The van der Waals surface area contributed by atoms with Crippen LogP contribution < -0.4 is 20.9 Å². The average Bonchev–Trinajstić information content (AvgIpc) is 3.70. The van der Waals surface area contributed by atoms with Crippen molar-refractivity contribution in [3.63, 3.8) is 0 Å². The second-order valence-corrected chi connectivity index (χ2v) is 20.4. The van der Waals surface area contributed by atoms with Gasteiger partial charge in [0, 0.05) is 81.0 Å². The van der Waals surface area contributed by atoms with Gasteiger partial charge in [0.15, 0.2) is 0 Å². The van der Waals surface area contributed by atoms with Gasteiger partial charge in [-0.2, -0.15) is 0 Å². The number of nitrogens with zero attached hydrogens (tertiary/aromatic N) is 5. The molecule has 2 amide bonds.